The van der Waals surface area contributed by atoms with E-state index in [2.05, 4.69) is 79.6 Å². The SMILES string of the molecule is CC(C)N1CC(O)C1.CC(C)N1CCC1.CC(C)n1ccnc1.COC(=O)N1CCCN(C(C)C)CC1. The van der Waals surface area contributed by atoms with Gasteiger partial charge in [-0.25, -0.2) is 9.78 Å². The highest BCUT2D eigenvalue weighted by Crippen LogP contribution is 2.10. The molecular formula is C28H56N6O3. The van der Waals surface area contributed by atoms with Crippen molar-refractivity contribution >= 4 is 6.09 Å². The number of rotatable bonds is 4. The van der Waals surface area contributed by atoms with Gasteiger partial charge < -0.3 is 24.2 Å². The molecule has 9 nitrogen and oxygen atoms in total. The van der Waals surface area contributed by atoms with Gasteiger partial charge in [-0.05, 0) is 81.3 Å². The summed E-state index contributed by atoms with van der Waals surface area (Å²) in [4.78, 5) is 24.1. The number of aromatic nitrogens is 2. The average Bonchev–Trinajstić information content (AvgIpc) is 3.21. The van der Waals surface area contributed by atoms with Crippen molar-refractivity contribution in [3.8, 4) is 0 Å². The molecule has 1 aromatic heterocycles. The van der Waals surface area contributed by atoms with E-state index in [0.717, 1.165) is 51.7 Å². The van der Waals surface area contributed by atoms with Crippen molar-refractivity contribution < 1.29 is 14.6 Å². The van der Waals surface area contributed by atoms with Crippen molar-refractivity contribution in [1.82, 2.24) is 29.2 Å². The molecule has 0 radical (unpaired) electrons. The Hall–Kier alpha value is -1.68. The highest BCUT2D eigenvalue weighted by Gasteiger charge is 2.25. The number of hydrogen-bond donors (Lipinski definition) is 1. The van der Waals surface area contributed by atoms with Crippen LogP contribution in [-0.2, 0) is 4.74 Å². The number of methoxy groups -OCH3 is 1. The Bertz CT molecular complexity index is 701. The fourth-order valence-electron chi connectivity index (χ4n) is 4.11. The number of ether oxygens (including phenoxy) is 1. The second-order valence-corrected chi connectivity index (χ2v) is 11.2. The lowest BCUT2D eigenvalue weighted by Gasteiger charge is -2.38. The molecule has 4 heterocycles. The van der Waals surface area contributed by atoms with Crippen molar-refractivity contribution in [1.29, 1.82) is 0 Å². The Morgan fingerprint density at radius 3 is 1.59 bits per heavy atom. The maximum atomic E-state index is 11.3. The Kier molecular flexibility index (Phi) is 16.0. The van der Waals surface area contributed by atoms with E-state index in [1.54, 1.807) is 11.1 Å². The summed E-state index contributed by atoms with van der Waals surface area (Å²) < 4.78 is 6.76. The molecule has 4 rings (SSSR count). The van der Waals surface area contributed by atoms with Crippen LogP contribution in [0.4, 0.5) is 4.79 Å². The topological polar surface area (TPSA) is 77.3 Å². The van der Waals surface area contributed by atoms with Crippen molar-refractivity contribution in [3.05, 3.63) is 18.7 Å². The third-order valence-corrected chi connectivity index (χ3v) is 7.06. The molecular weight excluding hydrogens is 468 g/mol. The zero-order chi connectivity index (χ0) is 28.0. The summed E-state index contributed by atoms with van der Waals surface area (Å²) in [6.07, 6.45) is 7.79. The first kappa shape index (κ1) is 33.3. The lowest BCUT2D eigenvalue weighted by atomic mass is 10.1. The maximum Gasteiger partial charge on any atom is 0.409 e. The van der Waals surface area contributed by atoms with Gasteiger partial charge in [-0.3, -0.25) is 9.80 Å². The summed E-state index contributed by atoms with van der Waals surface area (Å²) in [7, 11) is 1.44. The van der Waals surface area contributed by atoms with E-state index < -0.39 is 0 Å². The van der Waals surface area contributed by atoms with E-state index in [1.165, 1.54) is 26.6 Å². The Morgan fingerprint density at radius 2 is 1.30 bits per heavy atom. The van der Waals surface area contributed by atoms with Crippen molar-refractivity contribution in [3.63, 3.8) is 0 Å². The van der Waals surface area contributed by atoms with Crippen LogP contribution in [-0.4, -0.2) is 124 Å². The van der Waals surface area contributed by atoms with Crippen molar-refractivity contribution in [2.75, 3.05) is 59.5 Å². The minimum Gasteiger partial charge on any atom is -0.453 e. The number of aliphatic hydroxyl groups is 1. The van der Waals surface area contributed by atoms with Gasteiger partial charge in [0.1, 0.15) is 0 Å². The molecule has 1 aromatic rings. The largest absolute Gasteiger partial charge is 0.453 e. The fourth-order valence-corrected chi connectivity index (χ4v) is 4.11. The first-order valence-corrected chi connectivity index (χ1v) is 14.2. The second-order valence-electron chi connectivity index (χ2n) is 11.2. The summed E-state index contributed by atoms with van der Waals surface area (Å²) in [6, 6.07) is 2.50. The molecule has 9 heteroatoms. The van der Waals surface area contributed by atoms with E-state index in [0.29, 0.717) is 18.1 Å². The molecule has 1 N–H and O–H groups in total. The molecule has 3 fully saturated rings. The molecule has 0 unspecified atom stereocenters. The molecule has 3 saturated heterocycles. The molecule has 216 valence electrons. The van der Waals surface area contributed by atoms with Crippen molar-refractivity contribution in [2.24, 2.45) is 0 Å². The molecule has 0 aliphatic carbocycles. The standard InChI is InChI=1S/C10H20N2O2.C6H10N2.C6H13NO.C6H13N/c1-9(2)11-5-4-6-12(8-7-11)10(13)14-3;1-6(2)8-4-3-7-5-8;1-5(2)7-3-6(8)4-7;1-6(2)7-4-3-5-7/h9H,4-8H2,1-3H3;3-6H,1-2H3;5-6,8H,3-4H2,1-2H3;6H,3-5H2,1-2H3. The van der Waals surface area contributed by atoms with Gasteiger partial charge in [-0.1, -0.05) is 0 Å². The lowest BCUT2D eigenvalue weighted by molar-refractivity contribution is -0.0161. The molecule has 1 amide bonds. The Balaban J connectivity index is 0.000000258. The second kappa shape index (κ2) is 17.8. The number of likely N-dealkylation sites (tertiary alicyclic amines) is 2. The smallest absolute Gasteiger partial charge is 0.409 e. The average molecular weight is 525 g/mol. The van der Waals surface area contributed by atoms with Crippen LogP contribution in [0.5, 0.6) is 0 Å². The number of aliphatic hydroxyl groups excluding tert-OH is 1. The monoisotopic (exact) mass is 524 g/mol. The van der Waals surface area contributed by atoms with Crippen LogP contribution in [0, 0.1) is 0 Å². The van der Waals surface area contributed by atoms with Crippen LogP contribution in [0.2, 0.25) is 0 Å². The van der Waals surface area contributed by atoms with Crippen LogP contribution < -0.4 is 0 Å². The van der Waals surface area contributed by atoms with E-state index in [1.807, 2.05) is 12.5 Å². The lowest BCUT2D eigenvalue weighted by Crippen LogP contribution is -2.53. The summed E-state index contributed by atoms with van der Waals surface area (Å²) in [5.74, 6) is 0. The van der Waals surface area contributed by atoms with Gasteiger partial charge in [0.25, 0.3) is 0 Å². The molecule has 0 spiro atoms. The number of amides is 1. The number of carbonyl (C=O) groups is 1. The number of β-amino-alcohol motifs (C(OH)–C–C–N with tert-alkyl or cyclic N) is 1. The van der Waals surface area contributed by atoms with Gasteiger partial charge in [0.05, 0.1) is 19.5 Å². The van der Waals surface area contributed by atoms with E-state index in [9.17, 15) is 4.79 Å². The van der Waals surface area contributed by atoms with Crippen LogP contribution in [0.1, 0.15) is 74.3 Å². The van der Waals surface area contributed by atoms with Gasteiger partial charge in [0.15, 0.2) is 0 Å². The van der Waals surface area contributed by atoms with Crippen LogP contribution >= 0.6 is 0 Å². The van der Waals surface area contributed by atoms with Crippen molar-refractivity contribution in [2.45, 2.75) is 98.5 Å². The number of carbonyl (C=O) groups excluding carboxylic acids is 1. The Morgan fingerprint density at radius 1 is 0.784 bits per heavy atom. The zero-order valence-corrected chi connectivity index (χ0v) is 25.1. The van der Waals surface area contributed by atoms with Gasteiger partial charge >= 0.3 is 6.09 Å². The Labute approximate surface area is 226 Å². The molecule has 37 heavy (non-hydrogen) atoms. The van der Waals surface area contributed by atoms with Gasteiger partial charge in [-0.15, -0.1) is 0 Å². The first-order valence-electron chi connectivity index (χ1n) is 14.2. The zero-order valence-electron chi connectivity index (χ0n) is 25.1. The van der Waals surface area contributed by atoms with E-state index in [-0.39, 0.29) is 12.2 Å². The summed E-state index contributed by atoms with van der Waals surface area (Å²) in [5.41, 5.74) is 0. The number of hydrogen-bond acceptors (Lipinski definition) is 7. The summed E-state index contributed by atoms with van der Waals surface area (Å²) in [6.45, 7) is 25.4. The van der Waals surface area contributed by atoms with Gasteiger partial charge in [-0.2, -0.15) is 0 Å². The number of imidazole rings is 1. The third-order valence-electron chi connectivity index (χ3n) is 7.06. The molecule has 0 aromatic carbocycles. The van der Waals surface area contributed by atoms with Gasteiger partial charge in [0.2, 0.25) is 0 Å². The van der Waals surface area contributed by atoms with E-state index in [4.69, 9.17) is 9.84 Å². The molecule has 0 saturated carbocycles. The minimum atomic E-state index is -0.199. The third kappa shape index (κ3) is 13.1. The predicted molar refractivity (Wildman–Crippen MR) is 152 cm³/mol. The van der Waals surface area contributed by atoms with Gasteiger partial charge in [0, 0.05) is 75.8 Å². The van der Waals surface area contributed by atoms with Crippen LogP contribution in [0.3, 0.4) is 0 Å². The predicted octanol–water partition coefficient (Wildman–Crippen LogP) is 3.80. The normalized spacial score (nSPS) is 19.1. The molecule has 0 atom stereocenters. The molecule has 3 aliphatic heterocycles. The van der Waals surface area contributed by atoms with Crippen LogP contribution in [0.15, 0.2) is 18.7 Å². The molecule has 0 bridgehead atoms. The fraction of sp³-hybridized carbons (Fsp3) is 0.857. The summed E-state index contributed by atoms with van der Waals surface area (Å²) in [5, 5.41) is 8.83. The summed E-state index contributed by atoms with van der Waals surface area (Å²) >= 11 is 0. The van der Waals surface area contributed by atoms with Crippen LogP contribution in [0.25, 0.3) is 0 Å². The maximum absolute atomic E-state index is 11.3. The number of nitrogens with zero attached hydrogens (tertiary/aromatic N) is 6. The van der Waals surface area contributed by atoms with E-state index >= 15 is 0 Å². The first-order chi connectivity index (χ1) is 17.5. The highest BCUT2D eigenvalue weighted by atomic mass is 16.5. The highest BCUT2D eigenvalue weighted by molar-refractivity contribution is 5.67. The quantitative estimate of drug-likeness (QED) is 0.642. The molecule has 3 aliphatic rings. The minimum absolute atomic E-state index is 0.0441.